The van der Waals surface area contributed by atoms with Crippen molar-refractivity contribution in [1.29, 1.82) is 0 Å². The quantitative estimate of drug-likeness (QED) is 0.655. The average molecular weight is 441 g/mol. The maximum absolute atomic E-state index is 12.9. The normalized spacial score (nSPS) is 16.3. The van der Waals surface area contributed by atoms with Crippen molar-refractivity contribution in [2.45, 2.75) is 11.1 Å². The van der Waals surface area contributed by atoms with E-state index in [-0.39, 0.29) is 36.9 Å². The third-order valence-corrected chi connectivity index (χ3v) is 6.83. The Balaban J connectivity index is 1.54. The molecule has 2 N–H and O–H groups in total. The molecule has 30 heavy (non-hydrogen) atoms. The predicted octanol–water partition coefficient (Wildman–Crippen LogP) is 1.48. The third kappa shape index (κ3) is 3.54. The van der Waals surface area contributed by atoms with Gasteiger partial charge in [0, 0.05) is 33.2 Å². The number of rotatable bonds is 3. The molecule has 0 atom stereocenters. The SMILES string of the molecule is Cn1ncc2c(N)nc(N3CCN(S(=O)(=O)c4cccc(C(F)(F)F)c4)CC3)nc21. The number of piperazine rings is 1. The lowest BCUT2D eigenvalue weighted by Crippen LogP contribution is -2.49. The van der Waals surface area contributed by atoms with Crippen molar-refractivity contribution in [3.63, 3.8) is 0 Å². The third-order valence-electron chi connectivity index (χ3n) is 4.93. The maximum atomic E-state index is 12.9. The lowest BCUT2D eigenvalue weighted by Gasteiger charge is -2.34. The van der Waals surface area contributed by atoms with Crippen LogP contribution in [0.5, 0.6) is 0 Å². The van der Waals surface area contributed by atoms with Gasteiger partial charge in [-0.3, -0.25) is 4.68 Å². The molecule has 4 rings (SSSR count). The van der Waals surface area contributed by atoms with Gasteiger partial charge >= 0.3 is 6.18 Å². The molecule has 2 aromatic heterocycles. The minimum atomic E-state index is -4.62. The highest BCUT2D eigenvalue weighted by atomic mass is 32.2. The monoisotopic (exact) mass is 441 g/mol. The van der Waals surface area contributed by atoms with Gasteiger partial charge < -0.3 is 10.6 Å². The molecule has 3 aromatic rings. The molecule has 13 heteroatoms. The second-order valence-electron chi connectivity index (χ2n) is 6.83. The zero-order chi connectivity index (χ0) is 21.7. The molecule has 9 nitrogen and oxygen atoms in total. The molecule has 1 fully saturated rings. The summed E-state index contributed by atoms with van der Waals surface area (Å²) in [5.74, 6) is 0.613. The fourth-order valence-electron chi connectivity index (χ4n) is 3.28. The summed E-state index contributed by atoms with van der Waals surface area (Å²) in [5, 5.41) is 4.71. The van der Waals surface area contributed by atoms with Crippen LogP contribution in [0.4, 0.5) is 24.9 Å². The van der Waals surface area contributed by atoms with E-state index in [4.69, 9.17) is 5.73 Å². The van der Waals surface area contributed by atoms with Gasteiger partial charge in [0.1, 0.15) is 5.82 Å². The number of nitrogens with zero attached hydrogens (tertiary/aromatic N) is 6. The van der Waals surface area contributed by atoms with E-state index in [1.54, 1.807) is 22.8 Å². The molecule has 3 heterocycles. The van der Waals surface area contributed by atoms with Gasteiger partial charge in [0.05, 0.1) is 22.0 Å². The zero-order valence-corrected chi connectivity index (χ0v) is 16.7. The van der Waals surface area contributed by atoms with Crippen LogP contribution in [0.15, 0.2) is 35.4 Å². The summed E-state index contributed by atoms with van der Waals surface area (Å²) >= 11 is 0. The first-order chi connectivity index (χ1) is 14.1. The van der Waals surface area contributed by atoms with Gasteiger partial charge in [-0.05, 0) is 18.2 Å². The van der Waals surface area contributed by atoms with Crippen molar-refractivity contribution in [3.8, 4) is 0 Å². The van der Waals surface area contributed by atoms with E-state index in [2.05, 4.69) is 15.1 Å². The molecule has 160 valence electrons. The second-order valence-corrected chi connectivity index (χ2v) is 8.77. The van der Waals surface area contributed by atoms with Gasteiger partial charge in [0.25, 0.3) is 0 Å². The first kappa shape index (κ1) is 20.3. The maximum Gasteiger partial charge on any atom is 0.416 e. The summed E-state index contributed by atoms with van der Waals surface area (Å²) < 4.78 is 67.2. The summed E-state index contributed by atoms with van der Waals surface area (Å²) in [5.41, 5.74) is 5.52. The number of nitrogen functional groups attached to an aromatic ring is 1. The number of halogens is 3. The highest BCUT2D eigenvalue weighted by Crippen LogP contribution is 2.31. The Hall–Kier alpha value is -2.93. The Kier molecular flexibility index (Phi) is 4.81. The van der Waals surface area contributed by atoms with E-state index >= 15 is 0 Å². The molecule has 0 bridgehead atoms. The van der Waals surface area contributed by atoms with Crippen LogP contribution in [0, 0.1) is 0 Å². The predicted molar refractivity (Wildman–Crippen MR) is 103 cm³/mol. The van der Waals surface area contributed by atoms with Crippen molar-refractivity contribution in [1.82, 2.24) is 24.1 Å². The van der Waals surface area contributed by atoms with Gasteiger partial charge in [0.2, 0.25) is 16.0 Å². The van der Waals surface area contributed by atoms with Crippen molar-refractivity contribution in [2.24, 2.45) is 7.05 Å². The van der Waals surface area contributed by atoms with Crippen LogP contribution in [-0.4, -0.2) is 58.7 Å². The molecule has 0 aliphatic carbocycles. The largest absolute Gasteiger partial charge is 0.416 e. The zero-order valence-electron chi connectivity index (χ0n) is 15.8. The van der Waals surface area contributed by atoms with E-state index in [1.165, 1.54) is 0 Å². The van der Waals surface area contributed by atoms with E-state index in [0.29, 0.717) is 23.0 Å². The smallest absolute Gasteiger partial charge is 0.383 e. The van der Waals surface area contributed by atoms with E-state index < -0.39 is 21.8 Å². The minimum absolute atomic E-state index is 0.0747. The summed E-state index contributed by atoms with van der Waals surface area (Å²) in [6, 6.07) is 3.75. The fraction of sp³-hybridized carbons (Fsp3) is 0.353. The van der Waals surface area contributed by atoms with Crippen molar-refractivity contribution < 1.29 is 21.6 Å². The van der Waals surface area contributed by atoms with Crippen molar-refractivity contribution in [3.05, 3.63) is 36.0 Å². The number of benzene rings is 1. The Bertz CT molecular complexity index is 1200. The van der Waals surface area contributed by atoms with Gasteiger partial charge in [-0.25, -0.2) is 8.42 Å². The molecular formula is C17H18F3N7O2S. The number of nitrogens with two attached hydrogens (primary N) is 1. The standard InChI is InChI=1S/C17H18F3N7O2S/c1-25-15-13(10-22-25)14(21)23-16(24-15)26-5-7-27(8-6-26)30(28,29)12-4-2-3-11(9-12)17(18,19)20/h2-4,9-10H,5-8H2,1H3,(H2,21,23,24). The van der Waals surface area contributed by atoms with Gasteiger partial charge in [-0.1, -0.05) is 6.07 Å². The lowest BCUT2D eigenvalue weighted by molar-refractivity contribution is -0.137. The highest BCUT2D eigenvalue weighted by molar-refractivity contribution is 7.89. The van der Waals surface area contributed by atoms with Crippen LogP contribution in [0.2, 0.25) is 0 Å². The van der Waals surface area contributed by atoms with Crippen molar-refractivity contribution in [2.75, 3.05) is 36.8 Å². The average Bonchev–Trinajstić information content (AvgIpc) is 3.09. The summed E-state index contributed by atoms with van der Waals surface area (Å²) in [4.78, 5) is 10.1. The van der Waals surface area contributed by atoms with E-state index in [9.17, 15) is 21.6 Å². The number of hydrogen-bond acceptors (Lipinski definition) is 7. The second kappa shape index (κ2) is 7.09. The Morgan fingerprint density at radius 1 is 1.10 bits per heavy atom. The molecule has 0 saturated carbocycles. The number of anilines is 2. The number of sulfonamides is 1. The minimum Gasteiger partial charge on any atom is -0.383 e. The first-order valence-corrected chi connectivity index (χ1v) is 10.4. The van der Waals surface area contributed by atoms with E-state index in [1.807, 2.05) is 0 Å². The van der Waals surface area contributed by atoms with Crippen LogP contribution in [0.3, 0.4) is 0 Å². The highest BCUT2D eigenvalue weighted by Gasteiger charge is 2.34. The molecule has 0 spiro atoms. The number of aryl methyl sites for hydroxylation is 1. The Morgan fingerprint density at radius 2 is 1.80 bits per heavy atom. The van der Waals surface area contributed by atoms with Crippen LogP contribution in [0.1, 0.15) is 5.56 Å². The molecule has 0 radical (unpaired) electrons. The Labute approximate surface area is 170 Å². The molecule has 0 amide bonds. The van der Waals surface area contributed by atoms with Crippen LogP contribution in [0.25, 0.3) is 11.0 Å². The number of fused-ring (bicyclic) bond motifs is 1. The van der Waals surface area contributed by atoms with Crippen LogP contribution in [-0.2, 0) is 23.2 Å². The lowest BCUT2D eigenvalue weighted by atomic mass is 10.2. The van der Waals surface area contributed by atoms with Crippen LogP contribution < -0.4 is 10.6 Å². The Morgan fingerprint density at radius 3 is 2.47 bits per heavy atom. The number of alkyl halides is 3. The van der Waals surface area contributed by atoms with Gasteiger partial charge in [0.15, 0.2) is 5.65 Å². The number of hydrogen-bond donors (Lipinski definition) is 1. The molecule has 1 aromatic carbocycles. The van der Waals surface area contributed by atoms with Gasteiger partial charge in [-0.15, -0.1) is 0 Å². The summed E-state index contributed by atoms with van der Waals surface area (Å²) in [7, 11) is -2.34. The van der Waals surface area contributed by atoms with E-state index in [0.717, 1.165) is 22.5 Å². The summed E-state index contributed by atoms with van der Waals surface area (Å²) in [6.07, 6.45) is -3.06. The number of aromatic nitrogens is 4. The molecule has 1 aliphatic heterocycles. The summed E-state index contributed by atoms with van der Waals surface area (Å²) in [6.45, 7) is 0.679. The molecular weight excluding hydrogens is 423 g/mol. The van der Waals surface area contributed by atoms with Crippen LogP contribution >= 0.6 is 0 Å². The topological polar surface area (TPSA) is 110 Å². The van der Waals surface area contributed by atoms with Crippen molar-refractivity contribution >= 4 is 32.8 Å². The van der Waals surface area contributed by atoms with Gasteiger partial charge in [-0.2, -0.15) is 32.5 Å². The molecule has 0 unspecified atom stereocenters. The molecule has 1 aliphatic rings. The first-order valence-electron chi connectivity index (χ1n) is 8.95. The molecule has 1 saturated heterocycles. The fourth-order valence-corrected chi connectivity index (χ4v) is 4.75.